The van der Waals surface area contributed by atoms with Crippen molar-refractivity contribution in [3.05, 3.63) is 95.1 Å². The molecule has 4 nitrogen and oxygen atoms in total. The molecule has 1 heterocycles. The van der Waals surface area contributed by atoms with Gasteiger partial charge >= 0.3 is 0 Å². The smallest absolute Gasteiger partial charge is 0.144 e. The van der Waals surface area contributed by atoms with Crippen molar-refractivity contribution in [3.8, 4) is 0 Å². The van der Waals surface area contributed by atoms with Gasteiger partial charge in [-0.1, -0.05) is 35.4 Å². The van der Waals surface area contributed by atoms with E-state index in [1.165, 1.54) is 0 Å². The van der Waals surface area contributed by atoms with Crippen molar-refractivity contribution in [2.45, 2.75) is 27.7 Å². The molecule has 0 aliphatic carbocycles. The van der Waals surface area contributed by atoms with E-state index in [-0.39, 0.29) is 0 Å². The number of hydrogen-bond donors (Lipinski definition) is 1. The molecule has 0 saturated carbocycles. The molecule has 1 aliphatic heterocycles. The maximum Gasteiger partial charge on any atom is 0.144 e. The molecule has 190 valence electrons. The number of fused-ring (bicyclic) bond motifs is 4. The van der Waals surface area contributed by atoms with Crippen LogP contribution in [0.3, 0.4) is 0 Å². The van der Waals surface area contributed by atoms with Crippen molar-refractivity contribution in [2.75, 3.05) is 30.6 Å². The van der Waals surface area contributed by atoms with Gasteiger partial charge in [0.25, 0.3) is 0 Å². The highest BCUT2D eigenvalue weighted by molar-refractivity contribution is 7.79. The Balaban J connectivity index is 1.95. The Morgan fingerprint density at radius 3 is 1.30 bits per heavy atom. The van der Waals surface area contributed by atoms with Gasteiger partial charge in [-0.2, -0.15) is 0 Å². The Kier molecular flexibility index (Phi) is 6.26. The molecule has 0 fully saturated rings. The summed E-state index contributed by atoms with van der Waals surface area (Å²) in [5, 5.41) is 6.68. The second-order valence-electron chi connectivity index (χ2n) is 10.6. The average Bonchev–Trinajstić information content (AvgIpc) is 2.84. The van der Waals surface area contributed by atoms with E-state index in [9.17, 15) is 9.13 Å². The molecule has 4 aromatic carbocycles. The van der Waals surface area contributed by atoms with Crippen LogP contribution in [-0.2, 0) is 9.13 Å². The summed E-state index contributed by atoms with van der Waals surface area (Å²) in [5.74, 6) is 0. The zero-order valence-corrected chi connectivity index (χ0v) is 24.4. The van der Waals surface area contributed by atoms with Gasteiger partial charge in [-0.15, -0.1) is 0 Å². The van der Waals surface area contributed by atoms with Crippen LogP contribution in [0, 0.1) is 27.7 Å². The molecule has 0 spiro atoms. The maximum atomic E-state index is 14.9. The Labute approximate surface area is 220 Å². The first kappa shape index (κ1) is 25.6. The number of benzene rings is 4. The standard InChI is InChI=1S/C31H34N2O2P2/c1-20-10-14-28-26(16-20)33(5)27-17-21(2)11-15-29(27)37(7,35)31-19-23(4)9-13-25(31)32-24-12-8-22(3)18-30(24)36(28,6)34/h8-19,32H,1-7H3. The summed E-state index contributed by atoms with van der Waals surface area (Å²) < 4.78 is 29.7. The Morgan fingerprint density at radius 2 is 0.892 bits per heavy atom. The lowest BCUT2D eigenvalue weighted by Gasteiger charge is -2.32. The van der Waals surface area contributed by atoms with E-state index in [4.69, 9.17) is 0 Å². The van der Waals surface area contributed by atoms with Crippen molar-refractivity contribution in [1.29, 1.82) is 0 Å². The van der Waals surface area contributed by atoms with Gasteiger partial charge in [0.15, 0.2) is 0 Å². The molecule has 6 heteroatoms. The molecule has 1 N–H and O–H groups in total. The maximum absolute atomic E-state index is 14.9. The lowest BCUT2D eigenvalue weighted by Crippen LogP contribution is -2.30. The molecule has 4 aromatic rings. The van der Waals surface area contributed by atoms with Crippen LogP contribution in [0.5, 0.6) is 0 Å². The molecule has 0 saturated heterocycles. The second kappa shape index (κ2) is 9.05. The molecule has 2 atom stereocenters. The van der Waals surface area contributed by atoms with Crippen LogP contribution < -0.4 is 31.4 Å². The zero-order valence-electron chi connectivity index (χ0n) is 22.6. The predicted octanol–water partition coefficient (Wildman–Crippen LogP) is 6.63. The van der Waals surface area contributed by atoms with Crippen LogP contribution in [0.15, 0.2) is 72.8 Å². The number of nitrogens with zero attached hydrogens (tertiary/aromatic N) is 1. The molecule has 37 heavy (non-hydrogen) atoms. The lowest BCUT2D eigenvalue weighted by molar-refractivity contribution is 0.590. The number of anilines is 4. The minimum absolute atomic E-state index is 0.772. The Bertz CT molecular complexity index is 1540. The topological polar surface area (TPSA) is 49.4 Å². The number of hydrogen-bond acceptors (Lipinski definition) is 4. The molecule has 0 aromatic heterocycles. The van der Waals surface area contributed by atoms with Crippen molar-refractivity contribution in [3.63, 3.8) is 0 Å². The molecule has 2 unspecified atom stereocenters. The summed E-state index contributed by atoms with van der Waals surface area (Å²) in [6, 6.07) is 24.3. The second-order valence-corrected chi connectivity index (χ2v) is 16.2. The van der Waals surface area contributed by atoms with Gasteiger partial charge in [-0.3, -0.25) is 0 Å². The van der Waals surface area contributed by atoms with Gasteiger partial charge < -0.3 is 19.3 Å². The molecular formula is C31H34N2O2P2. The van der Waals surface area contributed by atoms with Gasteiger partial charge in [0.2, 0.25) is 0 Å². The van der Waals surface area contributed by atoms with E-state index in [0.717, 1.165) is 66.2 Å². The first-order valence-corrected chi connectivity index (χ1v) is 16.8. The fraction of sp³-hybridized carbons (Fsp3) is 0.226. The highest BCUT2D eigenvalue weighted by Gasteiger charge is 2.34. The Morgan fingerprint density at radius 1 is 0.541 bits per heavy atom. The number of aryl methyl sites for hydroxylation is 4. The summed E-state index contributed by atoms with van der Waals surface area (Å²) in [4.78, 5) is 2.08. The summed E-state index contributed by atoms with van der Waals surface area (Å²) in [7, 11) is -4.11. The van der Waals surface area contributed by atoms with E-state index < -0.39 is 14.3 Å². The van der Waals surface area contributed by atoms with Crippen LogP contribution in [0.2, 0.25) is 0 Å². The highest BCUT2D eigenvalue weighted by Crippen LogP contribution is 2.49. The molecule has 0 bridgehead atoms. The van der Waals surface area contributed by atoms with Crippen molar-refractivity contribution in [2.24, 2.45) is 0 Å². The predicted molar refractivity (Wildman–Crippen MR) is 162 cm³/mol. The summed E-state index contributed by atoms with van der Waals surface area (Å²) in [5.41, 5.74) is 7.54. The van der Waals surface area contributed by atoms with Gasteiger partial charge in [-0.25, -0.2) is 0 Å². The first-order valence-electron chi connectivity index (χ1n) is 12.5. The third kappa shape index (κ3) is 4.37. The highest BCUT2D eigenvalue weighted by atomic mass is 31.2. The minimum atomic E-state index is -3.05. The van der Waals surface area contributed by atoms with E-state index in [1.54, 1.807) is 0 Å². The van der Waals surface area contributed by atoms with Crippen LogP contribution in [0.4, 0.5) is 22.7 Å². The van der Waals surface area contributed by atoms with Crippen LogP contribution >= 0.6 is 14.3 Å². The number of nitrogens with one attached hydrogen (secondary N) is 1. The first-order chi connectivity index (χ1) is 17.4. The monoisotopic (exact) mass is 528 g/mol. The lowest BCUT2D eigenvalue weighted by atomic mass is 10.1. The minimum Gasteiger partial charge on any atom is -0.354 e. The van der Waals surface area contributed by atoms with E-state index >= 15 is 0 Å². The molecule has 5 rings (SSSR count). The van der Waals surface area contributed by atoms with Crippen molar-refractivity contribution in [1.82, 2.24) is 0 Å². The molecule has 0 amide bonds. The third-order valence-electron chi connectivity index (χ3n) is 7.40. The van der Waals surface area contributed by atoms with E-state index in [1.807, 2.05) is 109 Å². The summed E-state index contributed by atoms with van der Waals surface area (Å²) in [6.07, 6.45) is 0. The summed E-state index contributed by atoms with van der Waals surface area (Å²) >= 11 is 0. The Hall–Kier alpha value is -3.06. The number of rotatable bonds is 0. The molecular weight excluding hydrogens is 494 g/mol. The fourth-order valence-electron chi connectivity index (χ4n) is 5.26. The van der Waals surface area contributed by atoms with Crippen LogP contribution in [-0.4, -0.2) is 20.4 Å². The van der Waals surface area contributed by atoms with Crippen molar-refractivity contribution >= 4 is 58.3 Å². The van der Waals surface area contributed by atoms with Gasteiger partial charge in [0.05, 0.1) is 11.4 Å². The molecule has 0 radical (unpaired) electrons. The third-order valence-corrected chi connectivity index (χ3v) is 12.6. The largest absolute Gasteiger partial charge is 0.354 e. The van der Waals surface area contributed by atoms with Crippen molar-refractivity contribution < 1.29 is 9.13 Å². The molecule has 1 aliphatic rings. The van der Waals surface area contributed by atoms with E-state index in [0.29, 0.717) is 0 Å². The van der Waals surface area contributed by atoms with Crippen LogP contribution in [0.25, 0.3) is 0 Å². The fourth-order valence-corrected chi connectivity index (χ4v) is 9.88. The zero-order chi connectivity index (χ0) is 26.7. The van der Waals surface area contributed by atoms with E-state index in [2.05, 4.69) is 22.3 Å². The average molecular weight is 529 g/mol. The van der Waals surface area contributed by atoms with Crippen LogP contribution in [0.1, 0.15) is 22.3 Å². The SMILES string of the molecule is Cc1ccc2c(c1)N(C)c1cc(C)ccc1P(C)(=O)c1cc(C)ccc1Nc1ccc(C)cc1P2(C)=O. The van der Waals surface area contributed by atoms with Gasteiger partial charge in [0, 0.05) is 39.6 Å². The quantitative estimate of drug-likeness (QED) is 0.260. The van der Waals surface area contributed by atoms with Gasteiger partial charge in [0.1, 0.15) is 14.3 Å². The normalized spacial score (nSPS) is 20.9. The summed E-state index contributed by atoms with van der Waals surface area (Å²) in [6.45, 7) is 11.9. The van der Waals surface area contributed by atoms with Gasteiger partial charge in [-0.05, 0) is 101 Å².